The predicted octanol–water partition coefficient (Wildman–Crippen LogP) is 3.99. The summed E-state index contributed by atoms with van der Waals surface area (Å²) in [4.78, 5) is 2.38. The number of halogens is 1. The van der Waals surface area contributed by atoms with Gasteiger partial charge in [-0.3, -0.25) is 0 Å². The van der Waals surface area contributed by atoms with Crippen LogP contribution in [0.25, 0.3) is 0 Å². The van der Waals surface area contributed by atoms with E-state index >= 15 is 0 Å². The van der Waals surface area contributed by atoms with Gasteiger partial charge in [0.25, 0.3) is 0 Å². The minimum atomic E-state index is -0.254. The van der Waals surface area contributed by atoms with Crippen molar-refractivity contribution in [2.24, 2.45) is 0 Å². The molecule has 25 heavy (non-hydrogen) atoms. The standard InChI is InChI=1S/C21H27NO2.ClH/c23-20-10-7-18(8-11-20)19-12-14-22(15-13-19)16-21(24)9-6-17-4-2-1-3-5-17;/h1-5,7-8,10-11,19,21,23-24H,6,9,12-16H2;1H. The van der Waals surface area contributed by atoms with Crippen molar-refractivity contribution < 1.29 is 10.2 Å². The van der Waals surface area contributed by atoms with E-state index in [1.54, 1.807) is 12.1 Å². The molecule has 1 atom stereocenters. The van der Waals surface area contributed by atoms with Crippen molar-refractivity contribution in [3.63, 3.8) is 0 Å². The fourth-order valence-electron chi connectivity index (χ4n) is 3.56. The SMILES string of the molecule is Cl.Oc1ccc(C2CCN(CC(O)CCc3ccccc3)CC2)cc1. The van der Waals surface area contributed by atoms with Crippen LogP contribution in [-0.4, -0.2) is 40.9 Å². The zero-order valence-electron chi connectivity index (χ0n) is 14.6. The Balaban J connectivity index is 0.00000225. The summed E-state index contributed by atoms with van der Waals surface area (Å²) >= 11 is 0. The molecule has 2 N–H and O–H groups in total. The molecular formula is C21H28ClNO2. The van der Waals surface area contributed by atoms with Gasteiger partial charge in [0.2, 0.25) is 0 Å². The summed E-state index contributed by atoms with van der Waals surface area (Å²) in [6.07, 6.45) is 3.75. The van der Waals surface area contributed by atoms with Crippen molar-refractivity contribution in [2.45, 2.75) is 37.7 Å². The lowest BCUT2D eigenvalue weighted by Gasteiger charge is -2.33. The molecule has 1 unspecified atom stereocenters. The molecule has 2 aromatic carbocycles. The van der Waals surface area contributed by atoms with Crippen LogP contribution in [0.3, 0.4) is 0 Å². The number of benzene rings is 2. The molecule has 4 heteroatoms. The molecule has 136 valence electrons. The highest BCUT2D eigenvalue weighted by atomic mass is 35.5. The quantitative estimate of drug-likeness (QED) is 0.817. The Bertz CT molecular complexity index is 610. The van der Waals surface area contributed by atoms with Gasteiger partial charge in [-0.1, -0.05) is 42.5 Å². The van der Waals surface area contributed by atoms with Gasteiger partial charge in [0, 0.05) is 6.54 Å². The van der Waals surface area contributed by atoms with E-state index in [2.05, 4.69) is 29.2 Å². The van der Waals surface area contributed by atoms with E-state index in [0.29, 0.717) is 11.7 Å². The maximum Gasteiger partial charge on any atom is 0.115 e. The first-order chi connectivity index (χ1) is 11.7. The number of β-amino-alcohol motifs (C(OH)–C–C–N with tert-alkyl or cyclic N) is 1. The number of aliphatic hydroxyl groups is 1. The molecule has 3 rings (SSSR count). The molecule has 1 aliphatic rings. The summed E-state index contributed by atoms with van der Waals surface area (Å²) in [7, 11) is 0. The van der Waals surface area contributed by atoms with Gasteiger partial charge in [-0.25, -0.2) is 0 Å². The number of phenolic OH excluding ortho intramolecular Hbond substituents is 1. The van der Waals surface area contributed by atoms with Gasteiger partial charge in [-0.2, -0.15) is 0 Å². The Morgan fingerprint density at radius 3 is 2.24 bits per heavy atom. The smallest absolute Gasteiger partial charge is 0.115 e. The molecule has 0 aromatic heterocycles. The lowest BCUT2D eigenvalue weighted by atomic mass is 9.89. The molecule has 0 amide bonds. The summed E-state index contributed by atoms with van der Waals surface area (Å²) in [5.74, 6) is 0.904. The maximum absolute atomic E-state index is 10.3. The first-order valence-corrected chi connectivity index (χ1v) is 8.94. The fraction of sp³-hybridized carbons (Fsp3) is 0.429. The van der Waals surface area contributed by atoms with E-state index in [-0.39, 0.29) is 18.5 Å². The van der Waals surface area contributed by atoms with Crippen molar-refractivity contribution >= 4 is 12.4 Å². The molecule has 0 radical (unpaired) electrons. The van der Waals surface area contributed by atoms with Gasteiger partial charge >= 0.3 is 0 Å². The maximum atomic E-state index is 10.3. The third-order valence-corrected chi connectivity index (χ3v) is 5.03. The van der Waals surface area contributed by atoms with Gasteiger partial charge in [0.1, 0.15) is 5.75 Å². The van der Waals surface area contributed by atoms with Crippen molar-refractivity contribution in [3.05, 3.63) is 65.7 Å². The number of rotatable bonds is 6. The molecule has 1 aliphatic heterocycles. The highest BCUT2D eigenvalue weighted by Crippen LogP contribution is 2.29. The van der Waals surface area contributed by atoms with E-state index < -0.39 is 0 Å². The molecular weight excluding hydrogens is 334 g/mol. The normalized spacial score (nSPS) is 17.0. The molecule has 2 aromatic rings. The second kappa shape index (κ2) is 9.81. The number of aromatic hydroxyl groups is 1. The molecule has 1 fully saturated rings. The zero-order valence-corrected chi connectivity index (χ0v) is 15.4. The van der Waals surface area contributed by atoms with Gasteiger partial charge in [-0.15, -0.1) is 12.4 Å². The molecule has 0 saturated carbocycles. The fourth-order valence-corrected chi connectivity index (χ4v) is 3.56. The minimum Gasteiger partial charge on any atom is -0.508 e. The highest BCUT2D eigenvalue weighted by molar-refractivity contribution is 5.85. The third kappa shape index (κ3) is 6.03. The van der Waals surface area contributed by atoms with Gasteiger partial charge in [-0.05, 0) is 68.0 Å². The van der Waals surface area contributed by atoms with Crippen molar-refractivity contribution in [2.75, 3.05) is 19.6 Å². The van der Waals surface area contributed by atoms with Gasteiger partial charge < -0.3 is 15.1 Å². The Labute approximate surface area is 156 Å². The van der Waals surface area contributed by atoms with Crippen LogP contribution < -0.4 is 0 Å². The van der Waals surface area contributed by atoms with Crippen molar-refractivity contribution in [1.29, 1.82) is 0 Å². The van der Waals surface area contributed by atoms with Crippen LogP contribution in [0.5, 0.6) is 5.75 Å². The van der Waals surface area contributed by atoms with E-state index in [1.807, 2.05) is 18.2 Å². The average molecular weight is 362 g/mol. The van der Waals surface area contributed by atoms with E-state index in [9.17, 15) is 10.2 Å². The Morgan fingerprint density at radius 1 is 0.960 bits per heavy atom. The summed E-state index contributed by atoms with van der Waals surface area (Å²) in [5.41, 5.74) is 2.61. The lowest BCUT2D eigenvalue weighted by Crippen LogP contribution is -2.38. The second-order valence-electron chi connectivity index (χ2n) is 6.84. The lowest BCUT2D eigenvalue weighted by molar-refractivity contribution is 0.0912. The number of phenols is 1. The number of piperidine rings is 1. The summed E-state index contributed by atoms with van der Waals surface area (Å²) in [6.45, 7) is 2.84. The second-order valence-corrected chi connectivity index (χ2v) is 6.84. The summed E-state index contributed by atoms with van der Waals surface area (Å²) in [5, 5.41) is 19.7. The van der Waals surface area contributed by atoms with E-state index in [4.69, 9.17) is 0 Å². The largest absolute Gasteiger partial charge is 0.508 e. The number of hydrogen-bond donors (Lipinski definition) is 2. The third-order valence-electron chi connectivity index (χ3n) is 5.03. The number of aryl methyl sites for hydroxylation is 1. The Kier molecular flexibility index (Phi) is 7.76. The van der Waals surface area contributed by atoms with Crippen LogP contribution in [0.15, 0.2) is 54.6 Å². The topological polar surface area (TPSA) is 43.7 Å². The molecule has 0 spiro atoms. The van der Waals surface area contributed by atoms with Crippen LogP contribution in [0, 0.1) is 0 Å². The molecule has 1 heterocycles. The van der Waals surface area contributed by atoms with Crippen LogP contribution in [-0.2, 0) is 6.42 Å². The van der Waals surface area contributed by atoms with Crippen LogP contribution in [0.1, 0.15) is 36.3 Å². The average Bonchev–Trinajstić information content (AvgIpc) is 2.62. The predicted molar refractivity (Wildman–Crippen MR) is 105 cm³/mol. The molecule has 0 aliphatic carbocycles. The minimum absolute atomic E-state index is 0. The van der Waals surface area contributed by atoms with Crippen LogP contribution >= 0.6 is 12.4 Å². The molecule has 0 bridgehead atoms. The van der Waals surface area contributed by atoms with Crippen molar-refractivity contribution in [1.82, 2.24) is 4.90 Å². The Morgan fingerprint density at radius 2 is 1.60 bits per heavy atom. The number of aliphatic hydroxyl groups excluding tert-OH is 1. The summed E-state index contributed by atoms with van der Waals surface area (Å²) in [6, 6.07) is 18.0. The number of likely N-dealkylation sites (tertiary alicyclic amines) is 1. The highest BCUT2D eigenvalue weighted by Gasteiger charge is 2.22. The monoisotopic (exact) mass is 361 g/mol. The number of hydrogen-bond acceptors (Lipinski definition) is 3. The van der Waals surface area contributed by atoms with Gasteiger partial charge in [0.05, 0.1) is 6.10 Å². The first-order valence-electron chi connectivity index (χ1n) is 8.94. The van der Waals surface area contributed by atoms with E-state index in [1.165, 1.54) is 11.1 Å². The van der Waals surface area contributed by atoms with E-state index in [0.717, 1.165) is 45.3 Å². The first kappa shape index (κ1) is 19.8. The summed E-state index contributed by atoms with van der Waals surface area (Å²) < 4.78 is 0. The van der Waals surface area contributed by atoms with Crippen LogP contribution in [0.2, 0.25) is 0 Å². The zero-order chi connectivity index (χ0) is 16.8. The molecule has 3 nitrogen and oxygen atoms in total. The Hall–Kier alpha value is -1.55. The van der Waals surface area contributed by atoms with Crippen LogP contribution in [0.4, 0.5) is 0 Å². The van der Waals surface area contributed by atoms with Gasteiger partial charge in [0.15, 0.2) is 0 Å². The van der Waals surface area contributed by atoms with Crippen molar-refractivity contribution in [3.8, 4) is 5.75 Å². The molecule has 1 saturated heterocycles. The number of nitrogens with zero attached hydrogens (tertiary/aromatic N) is 1.